The van der Waals surface area contributed by atoms with Crippen LogP contribution in [0.2, 0.25) is 0 Å². The van der Waals surface area contributed by atoms with Crippen molar-refractivity contribution in [2.24, 2.45) is 5.92 Å². The summed E-state index contributed by atoms with van der Waals surface area (Å²) in [7, 11) is -0.0391. The number of methoxy groups -OCH3 is 1. The van der Waals surface area contributed by atoms with Gasteiger partial charge in [-0.15, -0.1) is 0 Å². The van der Waals surface area contributed by atoms with Gasteiger partial charge in [-0.3, -0.25) is 9.59 Å². The van der Waals surface area contributed by atoms with E-state index in [1.54, 1.807) is 48.4 Å². The summed E-state index contributed by atoms with van der Waals surface area (Å²) in [6.07, 6.45) is 0.110. The molecule has 1 unspecified atom stereocenters. The third-order valence-electron chi connectivity index (χ3n) is 6.08. The Kier molecular flexibility index (Phi) is 6.68. The smallest absolute Gasteiger partial charge is 0.243 e. The SMILES string of the molecule is COc1cccc(N2CC(C(=O)Nc3ccc(S(=O)(=O)N4CCN(C)CC4)cc3)CC2=O)c1. The molecule has 10 heteroatoms. The molecule has 0 bridgehead atoms. The molecule has 2 aromatic rings. The molecule has 1 N–H and O–H groups in total. The molecule has 0 spiro atoms. The number of anilines is 2. The topological polar surface area (TPSA) is 99.3 Å². The summed E-state index contributed by atoms with van der Waals surface area (Å²) in [4.78, 5) is 29.1. The number of nitrogens with zero attached hydrogens (tertiary/aromatic N) is 3. The molecule has 2 amide bonds. The molecular weight excluding hydrogens is 444 g/mol. The average molecular weight is 473 g/mol. The number of ether oxygens (including phenoxy) is 1. The van der Waals surface area contributed by atoms with Crippen LogP contribution in [-0.4, -0.2) is 76.3 Å². The molecule has 0 aromatic heterocycles. The van der Waals surface area contributed by atoms with E-state index in [1.165, 1.54) is 16.4 Å². The first-order valence-electron chi connectivity index (χ1n) is 10.8. The van der Waals surface area contributed by atoms with E-state index in [2.05, 4.69) is 10.2 Å². The number of hydrogen-bond acceptors (Lipinski definition) is 6. The summed E-state index contributed by atoms with van der Waals surface area (Å²) in [5.74, 6) is -0.266. The number of carbonyl (C=O) groups excluding carboxylic acids is 2. The molecule has 2 saturated heterocycles. The Bertz CT molecular complexity index is 1130. The van der Waals surface area contributed by atoms with Gasteiger partial charge in [0.15, 0.2) is 0 Å². The maximum Gasteiger partial charge on any atom is 0.243 e. The van der Waals surface area contributed by atoms with Crippen LogP contribution in [0.25, 0.3) is 0 Å². The Morgan fingerprint density at radius 3 is 2.42 bits per heavy atom. The molecule has 4 rings (SSSR count). The normalized spacial score (nSPS) is 20.1. The van der Waals surface area contributed by atoms with Crippen LogP contribution in [-0.2, 0) is 19.6 Å². The molecule has 2 aromatic carbocycles. The van der Waals surface area contributed by atoms with Crippen molar-refractivity contribution in [2.75, 3.05) is 57.1 Å². The van der Waals surface area contributed by atoms with E-state index in [0.29, 0.717) is 43.3 Å². The minimum atomic E-state index is -3.56. The van der Waals surface area contributed by atoms with Crippen molar-refractivity contribution in [2.45, 2.75) is 11.3 Å². The van der Waals surface area contributed by atoms with Crippen molar-refractivity contribution >= 4 is 33.2 Å². The number of benzene rings is 2. The monoisotopic (exact) mass is 472 g/mol. The number of nitrogens with one attached hydrogen (secondary N) is 1. The van der Waals surface area contributed by atoms with Crippen molar-refractivity contribution in [3.05, 3.63) is 48.5 Å². The van der Waals surface area contributed by atoms with Crippen molar-refractivity contribution in [3.63, 3.8) is 0 Å². The van der Waals surface area contributed by atoms with Crippen molar-refractivity contribution in [3.8, 4) is 5.75 Å². The summed E-state index contributed by atoms with van der Waals surface area (Å²) in [6, 6.07) is 13.3. The Hall–Kier alpha value is -2.95. The Morgan fingerprint density at radius 1 is 1.06 bits per heavy atom. The van der Waals surface area contributed by atoms with Crippen LogP contribution in [0.5, 0.6) is 5.75 Å². The molecule has 9 nitrogen and oxygen atoms in total. The van der Waals surface area contributed by atoms with Gasteiger partial charge in [-0.25, -0.2) is 8.42 Å². The minimum Gasteiger partial charge on any atom is -0.497 e. The molecule has 0 radical (unpaired) electrons. The highest BCUT2D eigenvalue weighted by Crippen LogP contribution is 2.29. The predicted octanol–water partition coefficient (Wildman–Crippen LogP) is 1.62. The molecule has 1 atom stereocenters. The maximum absolute atomic E-state index is 12.9. The summed E-state index contributed by atoms with van der Waals surface area (Å²) in [5.41, 5.74) is 1.18. The molecule has 176 valence electrons. The molecule has 2 aliphatic heterocycles. The molecule has 0 aliphatic carbocycles. The zero-order chi connectivity index (χ0) is 23.6. The summed E-state index contributed by atoms with van der Waals surface area (Å²) in [5, 5.41) is 2.81. The zero-order valence-corrected chi connectivity index (χ0v) is 19.5. The lowest BCUT2D eigenvalue weighted by molar-refractivity contribution is -0.122. The van der Waals surface area contributed by atoms with E-state index >= 15 is 0 Å². The van der Waals surface area contributed by atoms with E-state index in [9.17, 15) is 18.0 Å². The lowest BCUT2D eigenvalue weighted by Gasteiger charge is -2.31. The van der Waals surface area contributed by atoms with Crippen molar-refractivity contribution in [1.82, 2.24) is 9.21 Å². The number of likely N-dealkylation sites (N-methyl/N-ethyl adjacent to an activating group) is 1. The van der Waals surface area contributed by atoms with Gasteiger partial charge in [-0.05, 0) is 43.4 Å². The molecule has 2 fully saturated rings. The number of carbonyl (C=O) groups is 2. The minimum absolute atomic E-state index is 0.110. The van der Waals surface area contributed by atoms with E-state index in [4.69, 9.17) is 4.74 Å². The molecule has 2 heterocycles. The number of hydrogen-bond donors (Lipinski definition) is 1. The average Bonchev–Trinajstić information content (AvgIpc) is 3.21. The first kappa shape index (κ1) is 23.2. The van der Waals surface area contributed by atoms with Gasteiger partial charge in [0.25, 0.3) is 0 Å². The third-order valence-corrected chi connectivity index (χ3v) is 8.00. The maximum atomic E-state index is 12.9. The summed E-state index contributed by atoms with van der Waals surface area (Å²) in [6.45, 7) is 2.57. The summed E-state index contributed by atoms with van der Waals surface area (Å²) < 4.78 is 32.4. The van der Waals surface area contributed by atoms with E-state index in [0.717, 1.165) is 0 Å². The van der Waals surface area contributed by atoms with Gasteiger partial charge in [-0.2, -0.15) is 4.31 Å². The van der Waals surface area contributed by atoms with Gasteiger partial charge in [-0.1, -0.05) is 6.07 Å². The van der Waals surface area contributed by atoms with E-state index < -0.39 is 15.9 Å². The van der Waals surface area contributed by atoms with Crippen LogP contribution in [0.1, 0.15) is 6.42 Å². The fraction of sp³-hybridized carbons (Fsp3) is 0.391. The van der Waals surface area contributed by atoms with Crippen LogP contribution in [0.3, 0.4) is 0 Å². The number of rotatable bonds is 6. The van der Waals surface area contributed by atoms with Crippen LogP contribution in [0.4, 0.5) is 11.4 Å². The Labute approximate surface area is 194 Å². The highest BCUT2D eigenvalue weighted by atomic mass is 32.2. The van der Waals surface area contributed by atoms with Gasteiger partial charge in [0.2, 0.25) is 21.8 Å². The summed E-state index contributed by atoms with van der Waals surface area (Å²) >= 11 is 0. The number of sulfonamides is 1. The molecule has 33 heavy (non-hydrogen) atoms. The fourth-order valence-corrected chi connectivity index (χ4v) is 5.47. The van der Waals surface area contributed by atoms with Gasteiger partial charge < -0.3 is 19.9 Å². The Balaban J connectivity index is 1.39. The van der Waals surface area contributed by atoms with E-state index in [1.807, 2.05) is 7.05 Å². The standard InChI is InChI=1S/C23H28N4O5S/c1-25-10-12-26(13-11-25)33(30,31)21-8-6-18(7-9-21)24-23(29)17-14-22(28)27(16-17)19-4-3-5-20(15-19)32-2/h3-9,15,17H,10-14,16H2,1-2H3,(H,24,29). The van der Waals surface area contributed by atoms with Crippen LogP contribution >= 0.6 is 0 Å². The second-order valence-electron chi connectivity index (χ2n) is 8.33. The highest BCUT2D eigenvalue weighted by Gasteiger charge is 2.35. The second-order valence-corrected chi connectivity index (χ2v) is 10.3. The highest BCUT2D eigenvalue weighted by molar-refractivity contribution is 7.89. The molecule has 2 aliphatic rings. The largest absolute Gasteiger partial charge is 0.497 e. The van der Waals surface area contributed by atoms with Gasteiger partial charge in [0.05, 0.1) is 17.9 Å². The van der Waals surface area contributed by atoms with E-state index in [-0.39, 0.29) is 29.7 Å². The lowest BCUT2D eigenvalue weighted by Crippen LogP contribution is -2.46. The first-order chi connectivity index (χ1) is 15.8. The van der Waals surface area contributed by atoms with Crippen molar-refractivity contribution < 1.29 is 22.7 Å². The Morgan fingerprint density at radius 2 is 1.76 bits per heavy atom. The predicted molar refractivity (Wildman–Crippen MR) is 125 cm³/mol. The third kappa shape index (κ3) is 5.02. The second kappa shape index (κ2) is 9.50. The zero-order valence-electron chi connectivity index (χ0n) is 18.7. The van der Waals surface area contributed by atoms with Crippen LogP contribution in [0, 0.1) is 5.92 Å². The van der Waals surface area contributed by atoms with Crippen LogP contribution < -0.4 is 15.0 Å². The van der Waals surface area contributed by atoms with Gasteiger partial charge in [0, 0.05) is 56.6 Å². The number of piperazine rings is 1. The fourth-order valence-electron chi connectivity index (χ4n) is 4.04. The molecular formula is C23H28N4O5S. The quantitative estimate of drug-likeness (QED) is 0.686. The first-order valence-corrected chi connectivity index (χ1v) is 12.3. The van der Waals surface area contributed by atoms with Gasteiger partial charge in [0.1, 0.15) is 5.75 Å². The van der Waals surface area contributed by atoms with Crippen molar-refractivity contribution in [1.29, 1.82) is 0 Å². The number of amides is 2. The van der Waals surface area contributed by atoms with Gasteiger partial charge >= 0.3 is 0 Å². The van der Waals surface area contributed by atoms with Crippen LogP contribution in [0.15, 0.2) is 53.4 Å². The molecule has 0 saturated carbocycles. The lowest BCUT2D eigenvalue weighted by atomic mass is 10.1.